The van der Waals surface area contributed by atoms with Crippen LogP contribution in [0.25, 0.3) is 0 Å². The van der Waals surface area contributed by atoms with Crippen LogP contribution in [0.2, 0.25) is 0 Å². The molecular weight excluding hydrogens is 359 g/mol. The van der Waals surface area contributed by atoms with E-state index in [1.807, 2.05) is 0 Å². The van der Waals surface area contributed by atoms with Crippen LogP contribution in [-0.2, 0) is 15.7 Å². The Balaban J connectivity index is 1.28. The molecule has 4 bridgehead atoms. The molecule has 0 heterocycles. The first-order chi connectivity index (χ1) is 12.8. The number of alkyl halides is 3. The Bertz CT molecular complexity index is 701. The van der Waals surface area contributed by atoms with E-state index >= 15 is 0 Å². The largest absolute Gasteiger partial charge is 0.452 e. The lowest BCUT2D eigenvalue weighted by molar-refractivity contribution is -0.137. The molecule has 0 spiro atoms. The molecule has 146 valence electrons. The number of hydrogen-bond donors (Lipinski definition) is 1. The first-order valence-electron chi connectivity index (χ1n) is 9.43. The number of halogens is 3. The molecule has 0 unspecified atom stereocenters. The smallest absolute Gasteiger partial charge is 0.416 e. The molecule has 4 aliphatic carbocycles. The Kier molecular flexibility index (Phi) is 4.64. The van der Waals surface area contributed by atoms with Crippen LogP contribution in [0.3, 0.4) is 0 Å². The van der Waals surface area contributed by atoms with Gasteiger partial charge in [-0.15, -0.1) is 0 Å². The van der Waals surface area contributed by atoms with Gasteiger partial charge in [-0.2, -0.15) is 13.2 Å². The Hall–Kier alpha value is -2.05. The van der Waals surface area contributed by atoms with Gasteiger partial charge in [0.2, 0.25) is 0 Å². The zero-order valence-corrected chi connectivity index (χ0v) is 14.8. The van der Waals surface area contributed by atoms with E-state index in [1.54, 1.807) is 0 Å². The predicted molar refractivity (Wildman–Crippen MR) is 90.7 cm³/mol. The summed E-state index contributed by atoms with van der Waals surface area (Å²) in [6, 6.07) is 3.92. The van der Waals surface area contributed by atoms with Crippen molar-refractivity contribution in [2.45, 2.75) is 44.3 Å². The predicted octanol–water partition coefficient (Wildman–Crippen LogP) is 3.80. The minimum absolute atomic E-state index is 0.00887. The first kappa shape index (κ1) is 18.3. The second-order valence-electron chi connectivity index (χ2n) is 8.18. The van der Waals surface area contributed by atoms with E-state index in [9.17, 15) is 22.8 Å². The summed E-state index contributed by atoms with van der Waals surface area (Å²) in [6.45, 7) is -0.414. The van der Waals surface area contributed by atoms with Crippen LogP contribution < -0.4 is 5.32 Å². The molecule has 1 aromatic carbocycles. The Morgan fingerprint density at radius 2 is 1.52 bits per heavy atom. The Labute approximate surface area is 155 Å². The van der Waals surface area contributed by atoms with Crippen LogP contribution >= 0.6 is 0 Å². The summed E-state index contributed by atoms with van der Waals surface area (Å²) in [7, 11) is 0. The Morgan fingerprint density at radius 3 is 2.04 bits per heavy atom. The summed E-state index contributed by atoms with van der Waals surface area (Å²) in [6.07, 6.45) is 1.55. The second kappa shape index (κ2) is 6.84. The normalized spacial score (nSPS) is 31.6. The molecule has 4 nitrogen and oxygen atoms in total. The molecule has 0 aliphatic heterocycles. The molecule has 1 aromatic rings. The number of amides is 1. The van der Waals surface area contributed by atoms with Crippen molar-refractivity contribution in [1.82, 2.24) is 5.32 Å². The molecule has 4 fully saturated rings. The number of hydrogen-bond acceptors (Lipinski definition) is 3. The number of carbonyl (C=O) groups is 2. The maximum absolute atomic E-state index is 12.6. The summed E-state index contributed by atoms with van der Waals surface area (Å²) in [5.74, 6) is 1.51. The summed E-state index contributed by atoms with van der Waals surface area (Å²) in [5, 5.41) is 3.03. The highest BCUT2D eigenvalue weighted by atomic mass is 19.4. The number of ether oxygens (including phenoxy) is 1. The fraction of sp³-hybridized carbons (Fsp3) is 0.600. The maximum atomic E-state index is 12.6. The van der Waals surface area contributed by atoms with Gasteiger partial charge in [-0.3, -0.25) is 4.79 Å². The molecule has 0 saturated heterocycles. The van der Waals surface area contributed by atoms with Gasteiger partial charge in [-0.1, -0.05) is 0 Å². The molecular formula is C20H22F3NO3. The fourth-order valence-corrected chi connectivity index (χ4v) is 5.40. The molecule has 27 heavy (non-hydrogen) atoms. The van der Waals surface area contributed by atoms with E-state index < -0.39 is 24.3 Å². The van der Waals surface area contributed by atoms with Gasteiger partial charge in [-0.25, -0.2) is 4.79 Å². The van der Waals surface area contributed by atoms with E-state index in [0.717, 1.165) is 36.1 Å². The Morgan fingerprint density at radius 1 is 0.963 bits per heavy atom. The van der Waals surface area contributed by atoms with Crippen molar-refractivity contribution in [2.24, 2.45) is 23.7 Å². The molecule has 5 rings (SSSR count). The average Bonchev–Trinajstić information content (AvgIpc) is 2.61. The number of esters is 1. The summed E-state index contributed by atoms with van der Waals surface area (Å²) in [4.78, 5) is 24.2. The van der Waals surface area contributed by atoms with Gasteiger partial charge in [0.15, 0.2) is 6.61 Å². The van der Waals surface area contributed by atoms with Gasteiger partial charge in [0.25, 0.3) is 5.91 Å². The first-order valence-corrected chi connectivity index (χ1v) is 9.43. The zero-order chi connectivity index (χ0) is 19.2. The van der Waals surface area contributed by atoms with E-state index in [0.29, 0.717) is 11.8 Å². The minimum atomic E-state index is -4.46. The zero-order valence-electron chi connectivity index (χ0n) is 14.8. The molecule has 7 heteroatoms. The van der Waals surface area contributed by atoms with Crippen LogP contribution in [0.4, 0.5) is 13.2 Å². The van der Waals surface area contributed by atoms with Crippen LogP contribution in [-0.4, -0.2) is 24.5 Å². The highest BCUT2D eigenvalue weighted by Crippen LogP contribution is 2.53. The molecule has 0 atom stereocenters. The molecule has 4 saturated carbocycles. The van der Waals surface area contributed by atoms with Crippen LogP contribution in [0.5, 0.6) is 0 Å². The number of rotatable bonds is 4. The highest BCUT2D eigenvalue weighted by molar-refractivity contribution is 5.91. The van der Waals surface area contributed by atoms with Gasteiger partial charge in [-0.05, 0) is 80.0 Å². The standard InChI is InChI=1S/C20H22F3NO3/c21-20(22,23)16-3-1-13(2-4-16)19(26)27-10-17(25)24-18-14-6-11-5-12(8-14)9-15(18)7-11/h1-4,11-12,14-15,18H,5-10H2,(H,24,25). The van der Waals surface area contributed by atoms with Crippen molar-refractivity contribution < 1.29 is 27.5 Å². The lowest BCUT2D eigenvalue weighted by Gasteiger charge is -2.54. The molecule has 4 aliphatic rings. The van der Waals surface area contributed by atoms with E-state index in [2.05, 4.69) is 5.32 Å². The van der Waals surface area contributed by atoms with Crippen molar-refractivity contribution in [2.75, 3.05) is 6.61 Å². The van der Waals surface area contributed by atoms with Crippen LogP contribution in [0, 0.1) is 23.7 Å². The van der Waals surface area contributed by atoms with Crippen molar-refractivity contribution in [3.63, 3.8) is 0 Å². The topological polar surface area (TPSA) is 55.4 Å². The monoisotopic (exact) mass is 381 g/mol. The van der Waals surface area contributed by atoms with Crippen molar-refractivity contribution >= 4 is 11.9 Å². The molecule has 0 radical (unpaired) electrons. The van der Waals surface area contributed by atoms with Crippen molar-refractivity contribution in [3.8, 4) is 0 Å². The van der Waals surface area contributed by atoms with Gasteiger partial charge in [0.05, 0.1) is 11.1 Å². The van der Waals surface area contributed by atoms with E-state index in [-0.39, 0.29) is 17.5 Å². The quantitative estimate of drug-likeness (QED) is 0.807. The third-order valence-electron chi connectivity index (χ3n) is 6.34. The summed E-state index contributed by atoms with van der Waals surface area (Å²) < 4.78 is 42.6. The highest BCUT2D eigenvalue weighted by Gasteiger charge is 2.48. The molecule has 1 amide bonds. The maximum Gasteiger partial charge on any atom is 0.416 e. The fourth-order valence-electron chi connectivity index (χ4n) is 5.40. The number of nitrogens with one attached hydrogen (secondary N) is 1. The van der Waals surface area contributed by atoms with Crippen LogP contribution in [0.15, 0.2) is 24.3 Å². The summed E-state index contributed by atoms with van der Waals surface area (Å²) in [5.41, 5.74) is -0.843. The van der Waals surface area contributed by atoms with Gasteiger partial charge < -0.3 is 10.1 Å². The van der Waals surface area contributed by atoms with Crippen LogP contribution in [0.1, 0.15) is 48.0 Å². The lowest BCUT2D eigenvalue weighted by atomic mass is 9.54. The third kappa shape index (κ3) is 3.82. The minimum Gasteiger partial charge on any atom is -0.452 e. The van der Waals surface area contributed by atoms with Gasteiger partial charge in [0, 0.05) is 6.04 Å². The van der Waals surface area contributed by atoms with Crippen molar-refractivity contribution in [3.05, 3.63) is 35.4 Å². The number of benzene rings is 1. The van der Waals surface area contributed by atoms with E-state index in [1.165, 1.54) is 32.1 Å². The van der Waals surface area contributed by atoms with Gasteiger partial charge >= 0.3 is 12.1 Å². The third-order valence-corrected chi connectivity index (χ3v) is 6.34. The molecule has 1 N–H and O–H groups in total. The SMILES string of the molecule is O=C(COC(=O)c1ccc(C(F)(F)F)cc1)NC1C2CC3CC(C2)CC1C3. The van der Waals surface area contributed by atoms with Crippen molar-refractivity contribution in [1.29, 1.82) is 0 Å². The second-order valence-corrected chi connectivity index (χ2v) is 8.18. The number of carbonyl (C=O) groups excluding carboxylic acids is 2. The lowest BCUT2D eigenvalue weighted by Crippen LogP contribution is -2.56. The molecule has 0 aromatic heterocycles. The summed E-state index contributed by atoms with van der Waals surface area (Å²) >= 11 is 0. The average molecular weight is 381 g/mol. The van der Waals surface area contributed by atoms with E-state index in [4.69, 9.17) is 4.74 Å². The van der Waals surface area contributed by atoms with Gasteiger partial charge in [0.1, 0.15) is 0 Å².